The Morgan fingerprint density at radius 2 is 1.57 bits per heavy atom. The number of piperazine rings is 1. The zero-order chi connectivity index (χ0) is 30.7. The smallest absolute Gasteiger partial charge is 0.422 e. The highest BCUT2D eigenvalue weighted by Crippen LogP contribution is 2.36. The minimum absolute atomic E-state index is 0.0328. The van der Waals surface area contributed by atoms with Crippen molar-refractivity contribution in [2.24, 2.45) is 17.1 Å². The molecule has 2 aliphatic rings. The second-order valence-corrected chi connectivity index (χ2v) is 13.1. The van der Waals surface area contributed by atoms with Crippen LogP contribution in [0.15, 0.2) is 54.6 Å². The van der Waals surface area contributed by atoms with Crippen LogP contribution in [0.3, 0.4) is 0 Å². The summed E-state index contributed by atoms with van der Waals surface area (Å²) in [5.41, 5.74) is 7.44. The number of nitrogens with two attached hydrogens (primary N) is 1. The van der Waals surface area contributed by atoms with Crippen molar-refractivity contribution in [3.05, 3.63) is 65.7 Å². The van der Waals surface area contributed by atoms with Crippen LogP contribution in [0.5, 0.6) is 5.75 Å². The van der Waals surface area contributed by atoms with Crippen molar-refractivity contribution in [1.29, 1.82) is 0 Å². The molecule has 2 N–H and O–H groups in total. The van der Waals surface area contributed by atoms with Gasteiger partial charge in [0.25, 0.3) is 0 Å². The fourth-order valence-electron chi connectivity index (χ4n) is 6.22. The first-order chi connectivity index (χ1) is 19.7. The summed E-state index contributed by atoms with van der Waals surface area (Å²) in [6.07, 6.45) is -2.34. The zero-order valence-electron chi connectivity index (χ0n) is 25.1. The number of urea groups is 1. The molecule has 4 rings (SSSR count). The Kier molecular flexibility index (Phi) is 9.57. The number of hydrogen-bond donors (Lipinski definition) is 1. The van der Waals surface area contributed by atoms with Crippen molar-refractivity contribution in [1.82, 2.24) is 9.80 Å². The number of carbonyl (C=O) groups excluding carboxylic acids is 2. The summed E-state index contributed by atoms with van der Waals surface area (Å²) in [5, 5.41) is 0. The standard InChI is InChI=1S/C32H43F3N4O3/c1-31(2,3)27-21-37(16-17-38(27)28(40)20-23-14-18-39(4,19-15-23)30(36)41)29(24-8-6-5-7-9-24)25-10-12-26(13-11-25)42-22-32(33,34)35/h5-13,23,27,29H,14-22H2,1-4H3,(H-,36,41)/p+1/t23?,27-,29?,39?/m1/s1. The number of piperidine rings is 1. The van der Waals surface area contributed by atoms with Crippen LogP contribution in [-0.2, 0) is 4.79 Å². The summed E-state index contributed by atoms with van der Waals surface area (Å²) in [6.45, 7) is 8.34. The molecule has 0 aliphatic carbocycles. The summed E-state index contributed by atoms with van der Waals surface area (Å²) < 4.78 is 43.1. The van der Waals surface area contributed by atoms with E-state index in [2.05, 4.69) is 37.8 Å². The molecule has 2 heterocycles. The lowest BCUT2D eigenvalue weighted by Crippen LogP contribution is -2.60. The Bertz CT molecular complexity index is 1210. The number of benzene rings is 2. The number of hydrogen-bond acceptors (Lipinski definition) is 4. The number of rotatable bonds is 7. The van der Waals surface area contributed by atoms with Crippen molar-refractivity contribution < 1.29 is 32.0 Å². The number of nitrogens with zero attached hydrogens (tertiary/aromatic N) is 3. The monoisotopic (exact) mass is 589 g/mol. The van der Waals surface area contributed by atoms with Gasteiger partial charge in [0.2, 0.25) is 5.91 Å². The first-order valence-electron chi connectivity index (χ1n) is 14.7. The number of quaternary nitrogens is 1. The van der Waals surface area contributed by atoms with E-state index < -0.39 is 12.8 Å². The minimum atomic E-state index is -4.40. The van der Waals surface area contributed by atoms with Gasteiger partial charge in [-0.1, -0.05) is 63.2 Å². The Morgan fingerprint density at radius 3 is 2.12 bits per heavy atom. The van der Waals surface area contributed by atoms with E-state index in [-0.39, 0.29) is 45.6 Å². The van der Waals surface area contributed by atoms with Crippen LogP contribution in [-0.4, -0.2) is 84.8 Å². The van der Waals surface area contributed by atoms with Gasteiger partial charge in [-0.25, -0.2) is 9.28 Å². The number of halogens is 3. The van der Waals surface area contributed by atoms with Crippen LogP contribution in [0.2, 0.25) is 0 Å². The number of alkyl halides is 3. The molecule has 2 fully saturated rings. The fourth-order valence-corrected chi connectivity index (χ4v) is 6.22. The lowest BCUT2D eigenvalue weighted by atomic mass is 9.82. The van der Waals surface area contributed by atoms with Crippen LogP contribution in [0.1, 0.15) is 57.2 Å². The normalized spacial score (nSPS) is 24.7. The van der Waals surface area contributed by atoms with E-state index in [4.69, 9.17) is 10.5 Å². The summed E-state index contributed by atoms with van der Waals surface area (Å²) in [5.74, 6) is 0.553. The van der Waals surface area contributed by atoms with Gasteiger partial charge in [0.15, 0.2) is 6.61 Å². The Balaban J connectivity index is 1.51. The molecule has 2 aliphatic heterocycles. The van der Waals surface area contributed by atoms with Crippen LogP contribution in [0.4, 0.5) is 18.0 Å². The van der Waals surface area contributed by atoms with Crippen molar-refractivity contribution in [3.8, 4) is 5.75 Å². The predicted octanol–water partition coefficient (Wildman–Crippen LogP) is 5.60. The molecule has 0 spiro atoms. The molecule has 0 bridgehead atoms. The summed E-state index contributed by atoms with van der Waals surface area (Å²) >= 11 is 0. The highest BCUT2D eigenvalue weighted by molar-refractivity contribution is 5.77. The molecule has 2 atom stereocenters. The third kappa shape index (κ3) is 7.83. The Hall–Kier alpha value is -3.11. The molecule has 7 nitrogen and oxygen atoms in total. The molecular weight excluding hydrogens is 545 g/mol. The molecule has 2 saturated heterocycles. The van der Waals surface area contributed by atoms with Crippen LogP contribution in [0, 0.1) is 11.3 Å². The molecule has 42 heavy (non-hydrogen) atoms. The molecule has 0 saturated carbocycles. The molecule has 2 aromatic rings. The molecule has 3 amide bonds. The lowest BCUT2D eigenvalue weighted by Gasteiger charge is -2.50. The van der Waals surface area contributed by atoms with E-state index in [9.17, 15) is 22.8 Å². The average molecular weight is 590 g/mol. The molecule has 0 aromatic heterocycles. The van der Waals surface area contributed by atoms with E-state index in [0.717, 1.165) is 24.0 Å². The van der Waals surface area contributed by atoms with Gasteiger partial charge in [-0.3, -0.25) is 9.69 Å². The maximum absolute atomic E-state index is 13.7. The van der Waals surface area contributed by atoms with E-state index in [1.54, 1.807) is 12.1 Å². The van der Waals surface area contributed by atoms with Gasteiger partial charge in [-0.05, 0) is 34.6 Å². The van der Waals surface area contributed by atoms with Crippen molar-refractivity contribution >= 4 is 11.9 Å². The molecule has 0 radical (unpaired) electrons. The fraction of sp³-hybridized carbons (Fsp3) is 0.562. The Morgan fingerprint density at radius 1 is 0.976 bits per heavy atom. The maximum Gasteiger partial charge on any atom is 0.422 e. The zero-order valence-corrected chi connectivity index (χ0v) is 25.1. The van der Waals surface area contributed by atoms with E-state index in [0.29, 0.717) is 39.1 Å². The molecule has 1 unspecified atom stereocenters. The summed E-state index contributed by atoms with van der Waals surface area (Å²) in [7, 11) is 1.86. The first-order valence-corrected chi connectivity index (χ1v) is 14.7. The minimum Gasteiger partial charge on any atom is -0.484 e. The van der Waals surface area contributed by atoms with Crippen LogP contribution >= 0.6 is 0 Å². The van der Waals surface area contributed by atoms with Gasteiger partial charge in [-0.2, -0.15) is 13.2 Å². The summed E-state index contributed by atoms with van der Waals surface area (Å²) in [4.78, 5) is 30.0. The number of likely N-dealkylation sites (tertiary alicyclic amines) is 1. The van der Waals surface area contributed by atoms with Gasteiger partial charge in [-0.15, -0.1) is 0 Å². The number of primary amides is 1. The molecule has 10 heteroatoms. The Labute approximate surface area is 247 Å². The third-order valence-corrected chi connectivity index (χ3v) is 8.87. The predicted molar refractivity (Wildman–Crippen MR) is 156 cm³/mol. The number of ether oxygens (including phenoxy) is 1. The van der Waals surface area contributed by atoms with Crippen molar-refractivity contribution in [2.45, 2.75) is 58.3 Å². The topological polar surface area (TPSA) is 75.9 Å². The largest absolute Gasteiger partial charge is 0.484 e. The van der Waals surface area contributed by atoms with Crippen molar-refractivity contribution in [3.63, 3.8) is 0 Å². The lowest BCUT2D eigenvalue weighted by molar-refractivity contribution is -0.835. The first kappa shape index (κ1) is 31.8. The van der Waals surface area contributed by atoms with Crippen LogP contribution in [0.25, 0.3) is 0 Å². The van der Waals surface area contributed by atoms with Gasteiger partial charge in [0.1, 0.15) is 5.75 Å². The second kappa shape index (κ2) is 12.6. The van der Waals surface area contributed by atoms with Gasteiger partial charge >= 0.3 is 12.2 Å². The number of carbonyl (C=O) groups is 2. The highest BCUT2D eigenvalue weighted by Gasteiger charge is 2.42. The SMILES string of the molecule is CC(C)(C)[C@H]1CN(C(c2ccccc2)c2ccc(OCC(F)(F)F)cc2)CCN1C(=O)CC1CC[N+](C)(C(N)=O)CC1. The van der Waals surface area contributed by atoms with Crippen LogP contribution < -0.4 is 10.5 Å². The van der Waals surface area contributed by atoms with E-state index in [1.807, 2.05) is 42.3 Å². The maximum atomic E-state index is 13.7. The number of amides is 3. The van der Waals surface area contributed by atoms with Gasteiger partial charge in [0, 0.05) is 44.9 Å². The highest BCUT2D eigenvalue weighted by atomic mass is 19.4. The van der Waals surface area contributed by atoms with Gasteiger partial charge in [0.05, 0.1) is 26.2 Å². The average Bonchev–Trinajstić information content (AvgIpc) is 2.93. The second-order valence-electron chi connectivity index (χ2n) is 13.1. The van der Waals surface area contributed by atoms with Crippen molar-refractivity contribution in [2.75, 3.05) is 46.4 Å². The third-order valence-electron chi connectivity index (χ3n) is 8.87. The summed E-state index contributed by atoms with van der Waals surface area (Å²) in [6, 6.07) is 16.4. The van der Waals surface area contributed by atoms with E-state index in [1.165, 1.54) is 0 Å². The molecule has 230 valence electrons. The van der Waals surface area contributed by atoms with Gasteiger partial charge < -0.3 is 15.4 Å². The molecular formula is C32H44F3N4O3+. The quantitative estimate of drug-likeness (QED) is 0.427. The van der Waals surface area contributed by atoms with E-state index >= 15 is 0 Å². The molecule has 2 aromatic carbocycles.